The fourth-order valence-corrected chi connectivity index (χ4v) is 3.79. The van der Waals surface area contributed by atoms with E-state index in [4.69, 9.17) is 5.73 Å². The fraction of sp³-hybridized carbons (Fsp3) is 0.375. The SMILES string of the molecule is NCC(c1cccc(Br)c1)N(Cc1cccs1)C1CC1. The molecule has 20 heavy (non-hydrogen) atoms. The molecule has 0 saturated heterocycles. The molecule has 0 spiro atoms. The highest BCUT2D eigenvalue weighted by molar-refractivity contribution is 9.10. The molecule has 1 aromatic carbocycles. The number of rotatable bonds is 6. The average Bonchev–Trinajstić information content (AvgIpc) is 3.16. The average molecular weight is 351 g/mol. The van der Waals surface area contributed by atoms with Crippen LogP contribution in [0.25, 0.3) is 0 Å². The van der Waals surface area contributed by atoms with Crippen LogP contribution in [0, 0.1) is 0 Å². The number of benzene rings is 1. The van der Waals surface area contributed by atoms with Crippen molar-refractivity contribution in [1.29, 1.82) is 0 Å². The summed E-state index contributed by atoms with van der Waals surface area (Å²) in [7, 11) is 0. The predicted octanol–water partition coefficient (Wildman–Crippen LogP) is 4.18. The zero-order valence-electron chi connectivity index (χ0n) is 11.3. The lowest BCUT2D eigenvalue weighted by molar-refractivity contribution is 0.183. The molecule has 2 N–H and O–H groups in total. The summed E-state index contributed by atoms with van der Waals surface area (Å²) in [5.41, 5.74) is 7.41. The summed E-state index contributed by atoms with van der Waals surface area (Å²) in [6.45, 7) is 1.68. The minimum atomic E-state index is 0.307. The predicted molar refractivity (Wildman–Crippen MR) is 88.8 cm³/mol. The van der Waals surface area contributed by atoms with E-state index in [1.54, 1.807) is 0 Å². The molecule has 2 nitrogen and oxygen atoms in total. The Morgan fingerprint density at radius 3 is 2.75 bits per heavy atom. The van der Waals surface area contributed by atoms with Crippen molar-refractivity contribution in [2.75, 3.05) is 6.54 Å². The number of hydrogen-bond donors (Lipinski definition) is 1. The van der Waals surface area contributed by atoms with Crippen molar-refractivity contribution < 1.29 is 0 Å². The van der Waals surface area contributed by atoms with Gasteiger partial charge in [0.25, 0.3) is 0 Å². The van der Waals surface area contributed by atoms with Gasteiger partial charge in [0.2, 0.25) is 0 Å². The lowest BCUT2D eigenvalue weighted by atomic mass is 10.0. The van der Waals surface area contributed by atoms with Crippen LogP contribution in [0.3, 0.4) is 0 Å². The van der Waals surface area contributed by atoms with Crippen LogP contribution < -0.4 is 5.73 Å². The standard InChI is InChI=1S/C16H19BrN2S/c17-13-4-1-3-12(9-13)16(10-18)19(14-6-7-14)11-15-5-2-8-20-15/h1-5,8-9,14,16H,6-7,10-11,18H2. The summed E-state index contributed by atoms with van der Waals surface area (Å²) in [5, 5.41) is 2.15. The first-order valence-electron chi connectivity index (χ1n) is 7.01. The van der Waals surface area contributed by atoms with Crippen LogP contribution in [-0.4, -0.2) is 17.5 Å². The quantitative estimate of drug-likeness (QED) is 0.846. The number of nitrogens with zero attached hydrogens (tertiary/aromatic N) is 1. The molecule has 0 radical (unpaired) electrons. The van der Waals surface area contributed by atoms with E-state index in [2.05, 4.69) is 62.6 Å². The third-order valence-electron chi connectivity index (χ3n) is 3.79. The van der Waals surface area contributed by atoms with Crippen molar-refractivity contribution in [3.05, 3.63) is 56.7 Å². The molecule has 3 rings (SSSR count). The van der Waals surface area contributed by atoms with Gasteiger partial charge in [-0.05, 0) is 42.0 Å². The monoisotopic (exact) mass is 350 g/mol. The van der Waals surface area contributed by atoms with E-state index < -0.39 is 0 Å². The molecule has 1 aliphatic rings. The Kier molecular flexibility index (Phi) is 4.56. The van der Waals surface area contributed by atoms with Crippen LogP contribution in [-0.2, 0) is 6.54 Å². The van der Waals surface area contributed by atoms with Crippen molar-refractivity contribution in [1.82, 2.24) is 4.90 Å². The Hall–Kier alpha value is -0.680. The van der Waals surface area contributed by atoms with Gasteiger partial charge in [0.1, 0.15) is 0 Å². The number of nitrogens with two attached hydrogens (primary N) is 1. The van der Waals surface area contributed by atoms with E-state index in [9.17, 15) is 0 Å². The highest BCUT2D eigenvalue weighted by Gasteiger charge is 2.34. The highest BCUT2D eigenvalue weighted by atomic mass is 79.9. The maximum Gasteiger partial charge on any atom is 0.0477 e. The summed E-state index contributed by atoms with van der Waals surface area (Å²) in [6.07, 6.45) is 2.60. The van der Waals surface area contributed by atoms with Gasteiger partial charge in [-0.15, -0.1) is 11.3 Å². The molecule has 106 valence electrons. The van der Waals surface area contributed by atoms with Crippen molar-refractivity contribution in [3.63, 3.8) is 0 Å². The first-order chi connectivity index (χ1) is 9.78. The molecule has 2 aromatic rings. The van der Waals surface area contributed by atoms with E-state index in [-0.39, 0.29) is 0 Å². The Morgan fingerprint density at radius 2 is 2.15 bits per heavy atom. The first-order valence-corrected chi connectivity index (χ1v) is 8.69. The lowest BCUT2D eigenvalue weighted by Gasteiger charge is -2.31. The Bertz CT molecular complexity index is 551. The second kappa shape index (κ2) is 6.39. The fourth-order valence-electron chi connectivity index (χ4n) is 2.66. The van der Waals surface area contributed by atoms with Gasteiger partial charge < -0.3 is 5.73 Å². The molecule has 1 saturated carbocycles. The normalized spacial score (nSPS) is 16.6. The van der Waals surface area contributed by atoms with Crippen LogP contribution in [0.1, 0.15) is 29.3 Å². The second-order valence-electron chi connectivity index (χ2n) is 5.29. The number of thiophene rings is 1. The Labute approximate surface area is 132 Å². The van der Waals surface area contributed by atoms with Gasteiger partial charge in [0.15, 0.2) is 0 Å². The molecular formula is C16H19BrN2S. The highest BCUT2D eigenvalue weighted by Crippen LogP contribution is 2.36. The van der Waals surface area contributed by atoms with Gasteiger partial charge in [0.05, 0.1) is 0 Å². The Balaban J connectivity index is 1.84. The van der Waals surface area contributed by atoms with E-state index in [1.807, 2.05) is 11.3 Å². The van der Waals surface area contributed by atoms with Crippen molar-refractivity contribution in [3.8, 4) is 0 Å². The topological polar surface area (TPSA) is 29.3 Å². The molecule has 1 aromatic heterocycles. The second-order valence-corrected chi connectivity index (χ2v) is 7.24. The van der Waals surface area contributed by atoms with E-state index in [0.29, 0.717) is 18.6 Å². The summed E-state index contributed by atoms with van der Waals surface area (Å²) < 4.78 is 1.13. The number of hydrogen-bond acceptors (Lipinski definition) is 3. The molecule has 0 aliphatic heterocycles. The first kappa shape index (κ1) is 14.3. The van der Waals surface area contributed by atoms with Crippen molar-refractivity contribution in [2.45, 2.75) is 31.5 Å². The van der Waals surface area contributed by atoms with Gasteiger partial charge in [-0.3, -0.25) is 4.90 Å². The zero-order valence-corrected chi connectivity index (χ0v) is 13.7. The van der Waals surface area contributed by atoms with Gasteiger partial charge in [0, 0.05) is 34.5 Å². The third kappa shape index (κ3) is 3.31. The lowest BCUT2D eigenvalue weighted by Crippen LogP contribution is -2.34. The summed E-state index contributed by atoms with van der Waals surface area (Å²) in [4.78, 5) is 4.00. The van der Waals surface area contributed by atoms with Crippen molar-refractivity contribution >= 4 is 27.3 Å². The minimum Gasteiger partial charge on any atom is -0.329 e. The van der Waals surface area contributed by atoms with E-state index in [1.165, 1.54) is 23.3 Å². The molecule has 1 aliphatic carbocycles. The van der Waals surface area contributed by atoms with Crippen LogP contribution in [0.15, 0.2) is 46.3 Å². The van der Waals surface area contributed by atoms with Crippen LogP contribution in [0.4, 0.5) is 0 Å². The molecule has 0 bridgehead atoms. The van der Waals surface area contributed by atoms with Gasteiger partial charge in [-0.1, -0.05) is 34.1 Å². The summed E-state index contributed by atoms with van der Waals surface area (Å²) >= 11 is 5.40. The molecular weight excluding hydrogens is 332 g/mol. The van der Waals surface area contributed by atoms with Crippen LogP contribution >= 0.6 is 27.3 Å². The maximum absolute atomic E-state index is 6.10. The van der Waals surface area contributed by atoms with Crippen LogP contribution in [0.2, 0.25) is 0 Å². The largest absolute Gasteiger partial charge is 0.329 e. The third-order valence-corrected chi connectivity index (χ3v) is 5.15. The molecule has 1 heterocycles. The molecule has 1 unspecified atom stereocenters. The molecule has 1 atom stereocenters. The molecule has 1 fully saturated rings. The number of halogens is 1. The molecule has 4 heteroatoms. The zero-order chi connectivity index (χ0) is 13.9. The van der Waals surface area contributed by atoms with Crippen LogP contribution in [0.5, 0.6) is 0 Å². The smallest absolute Gasteiger partial charge is 0.0477 e. The van der Waals surface area contributed by atoms with E-state index >= 15 is 0 Å². The molecule has 0 amide bonds. The maximum atomic E-state index is 6.10. The van der Waals surface area contributed by atoms with Gasteiger partial charge in [-0.25, -0.2) is 0 Å². The minimum absolute atomic E-state index is 0.307. The Morgan fingerprint density at radius 1 is 1.30 bits per heavy atom. The van der Waals surface area contributed by atoms with Gasteiger partial charge >= 0.3 is 0 Å². The van der Waals surface area contributed by atoms with Crippen molar-refractivity contribution in [2.24, 2.45) is 5.73 Å². The van der Waals surface area contributed by atoms with E-state index in [0.717, 1.165) is 11.0 Å². The van der Waals surface area contributed by atoms with Gasteiger partial charge in [-0.2, -0.15) is 0 Å². The summed E-state index contributed by atoms with van der Waals surface area (Å²) in [5.74, 6) is 0. The summed E-state index contributed by atoms with van der Waals surface area (Å²) in [6, 6.07) is 13.9.